The molecule has 0 saturated heterocycles. The topological polar surface area (TPSA) is 49.4 Å². The van der Waals surface area contributed by atoms with Gasteiger partial charge in [-0.25, -0.2) is 0 Å². The first-order valence-electron chi connectivity index (χ1n) is 5.00. The minimum absolute atomic E-state index is 0.0581. The molecule has 0 aromatic carbocycles. The molecule has 0 aromatic heterocycles. The molecule has 0 fully saturated rings. The van der Waals surface area contributed by atoms with Gasteiger partial charge in [-0.15, -0.1) is 11.6 Å². The second-order valence-corrected chi connectivity index (χ2v) is 4.66. The van der Waals surface area contributed by atoms with Gasteiger partial charge in [0.2, 0.25) is 11.8 Å². The van der Waals surface area contributed by atoms with Gasteiger partial charge in [-0.05, 0) is 12.8 Å². The van der Waals surface area contributed by atoms with E-state index >= 15 is 0 Å². The lowest BCUT2D eigenvalue weighted by Gasteiger charge is -2.18. The third-order valence-corrected chi connectivity index (χ3v) is 1.99. The van der Waals surface area contributed by atoms with E-state index in [4.69, 9.17) is 11.6 Å². The third kappa shape index (κ3) is 6.33. The summed E-state index contributed by atoms with van der Waals surface area (Å²) in [5.41, 5.74) is 0. The Hall–Kier alpha value is -0.770. The Morgan fingerprint density at radius 2 is 1.87 bits per heavy atom. The van der Waals surface area contributed by atoms with Gasteiger partial charge >= 0.3 is 0 Å². The maximum atomic E-state index is 11.3. The van der Waals surface area contributed by atoms with Crippen LogP contribution in [0.5, 0.6) is 0 Å². The molecule has 0 rings (SSSR count). The third-order valence-electron chi connectivity index (χ3n) is 1.80. The van der Waals surface area contributed by atoms with Gasteiger partial charge < -0.3 is 10.2 Å². The Bertz CT molecular complexity index is 229. The van der Waals surface area contributed by atoms with Crippen LogP contribution in [0, 0.1) is 5.92 Å². The molecule has 0 aliphatic rings. The van der Waals surface area contributed by atoms with Crippen molar-refractivity contribution < 1.29 is 9.59 Å². The van der Waals surface area contributed by atoms with Crippen LogP contribution >= 0.6 is 11.6 Å². The van der Waals surface area contributed by atoms with Gasteiger partial charge in [0.1, 0.15) is 5.38 Å². The fourth-order valence-electron chi connectivity index (χ4n) is 0.971. The summed E-state index contributed by atoms with van der Waals surface area (Å²) in [6, 6.07) is 0. The van der Waals surface area contributed by atoms with Crippen LogP contribution in [0.15, 0.2) is 0 Å². The first kappa shape index (κ1) is 14.2. The van der Waals surface area contributed by atoms with Gasteiger partial charge in [0.25, 0.3) is 0 Å². The molecule has 0 radical (unpaired) electrons. The van der Waals surface area contributed by atoms with Gasteiger partial charge in [0.05, 0.1) is 6.54 Å². The summed E-state index contributed by atoms with van der Waals surface area (Å²) in [4.78, 5) is 24.0. The van der Waals surface area contributed by atoms with E-state index in [9.17, 15) is 9.59 Å². The monoisotopic (exact) mass is 234 g/mol. The highest BCUT2D eigenvalue weighted by atomic mass is 35.5. The normalized spacial score (nSPS) is 12.4. The Balaban J connectivity index is 3.91. The van der Waals surface area contributed by atoms with E-state index in [0.29, 0.717) is 12.5 Å². The SMILES string of the molecule is CC(C)CNC(=O)CN(C)C(=O)C(C)Cl. The number of carbonyl (C=O) groups is 2. The first-order valence-corrected chi connectivity index (χ1v) is 5.44. The fraction of sp³-hybridized carbons (Fsp3) is 0.800. The Kier molecular flexibility index (Phi) is 6.32. The molecule has 2 amide bonds. The molecule has 4 nitrogen and oxygen atoms in total. The first-order chi connectivity index (χ1) is 6.84. The molecule has 0 bridgehead atoms. The Labute approximate surface area is 96.0 Å². The molecule has 1 N–H and O–H groups in total. The number of hydrogen-bond donors (Lipinski definition) is 1. The van der Waals surface area contributed by atoms with Crippen molar-refractivity contribution in [3.63, 3.8) is 0 Å². The van der Waals surface area contributed by atoms with Crippen molar-refractivity contribution in [3.8, 4) is 0 Å². The molecule has 5 heteroatoms. The standard InChI is InChI=1S/C10H19ClN2O2/c1-7(2)5-12-9(14)6-13(4)10(15)8(3)11/h7-8H,5-6H2,1-4H3,(H,12,14). The van der Waals surface area contributed by atoms with Crippen LogP contribution in [0.1, 0.15) is 20.8 Å². The number of nitrogens with zero attached hydrogens (tertiary/aromatic N) is 1. The summed E-state index contributed by atoms with van der Waals surface area (Å²) in [6.07, 6.45) is 0. The highest BCUT2D eigenvalue weighted by Crippen LogP contribution is 1.98. The molecule has 1 atom stereocenters. The number of nitrogens with one attached hydrogen (secondary N) is 1. The molecule has 0 spiro atoms. The molecule has 88 valence electrons. The predicted molar refractivity (Wildman–Crippen MR) is 60.8 cm³/mol. The minimum Gasteiger partial charge on any atom is -0.354 e. The molecule has 0 saturated carbocycles. The Morgan fingerprint density at radius 3 is 2.27 bits per heavy atom. The molecule has 15 heavy (non-hydrogen) atoms. The van der Waals surface area contributed by atoms with Crippen LogP contribution in [0.4, 0.5) is 0 Å². The van der Waals surface area contributed by atoms with Crippen LogP contribution in [0.3, 0.4) is 0 Å². The van der Waals surface area contributed by atoms with Gasteiger partial charge in [0, 0.05) is 13.6 Å². The van der Waals surface area contributed by atoms with Crippen molar-refractivity contribution in [3.05, 3.63) is 0 Å². The summed E-state index contributed by atoms with van der Waals surface area (Å²) < 4.78 is 0. The number of likely N-dealkylation sites (N-methyl/N-ethyl adjacent to an activating group) is 1. The number of alkyl halides is 1. The lowest BCUT2D eigenvalue weighted by Crippen LogP contribution is -2.41. The zero-order chi connectivity index (χ0) is 12.0. The van der Waals surface area contributed by atoms with E-state index in [1.54, 1.807) is 14.0 Å². The van der Waals surface area contributed by atoms with Gasteiger partial charge in [-0.1, -0.05) is 13.8 Å². The zero-order valence-electron chi connectivity index (χ0n) is 9.71. The average Bonchev–Trinajstić information content (AvgIpc) is 2.13. The van der Waals surface area contributed by atoms with E-state index < -0.39 is 5.38 Å². The van der Waals surface area contributed by atoms with Crippen LogP contribution < -0.4 is 5.32 Å². The molecule has 1 unspecified atom stereocenters. The highest BCUT2D eigenvalue weighted by Gasteiger charge is 2.16. The fourth-order valence-corrected chi connectivity index (χ4v) is 1.14. The van der Waals surface area contributed by atoms with E-state index in [-0.39, 0.29) is 18.4 Å². The molecule has 0 heterocycles. The second-order valence-electron chi connectivity index (χ2n) is 4.01. The summed E-state index contributed by atoms with van der Waals surface area (Å²) in [5.74, 6) is 0.00939. The van der Waals surface area contributed by atoms with Crippen molar-refractivity contribution in [2.45, 2.75) is 26.1 Å². The average molecular weight is 235 g/mol. The van der Waals surface area contributed by atoms with E-state index in [1.165, 1.54) is 4.90 Å². The van der Waals surface area contributed by atoms with Crippen LogP contribution in [0.25, 0.3) is 0 Å². The quantitative estimate of drug-likeness (QED) is 0.717. The summed E-state index contributed by atoms with van der Waals surface area (Å²) in [7, 11) is 1.57. The van der Waals surface area contributed by atoms with Crippen LogP contribution in [0.2, 0.25) is 0 Å². The molecule has 0 aliphatic heterocycles. The molecule has 0 aliphatic carbocycles. The van der Waals surface area contributed by atoms with Crippen molar-refractivity contribution in [1.82, 2.24) is 10.2 Å². The molecule has 0 aromatic rings. The number of hydrogen-bond acceptors (Lipinski definition) is 2. The summed E-state index contributed by atoms with van der Waals surface area (Å²) >= 11 is 5.61. The van der Waals surface area contributed by atoms with E-state index in [1.807, 2.05) is 13.8 Å². The number of rotatable bonds is 5. The van der Waals surface area contributed by atoms with E-state index in [2.05, 4.69) is 5.32 Å². The second kappa shape index (κ2) is 6.67. The number of halogens is 1. The lowest BCUT2D eigenvalue weighted by atomic mass is 10.2. The maximum absolute atomic E-state index is 11.3. The highest BCUT2D eigenvalue weighted by molar-refractivity contribution is 6.30. The van der Waals surface area contributed by atoms with Gasteiger partial charge in [0.15, 0.2) is 0 Å². The zero-order valence-corrected chi connectivity index (χ0v) is 10.5. The van der Waals surface area contributed by atoms with Crippen molar-refractivity contribution in [2.24, 2.45) is 5.92 Å². The minimum atomic E-state index is -0.590. The van der Waals surface area contributed by atoms with Crippen LogP contribution in [-0.2, 0) is 9.59 Å². The van der Waals surface area contributed by atoms with Crippen molar-refractivity contribution in [2.75, 3.05) is 20.1 Å². The summed E-state index contributed by atoms with van der Waals surface area (Å²) in [6.45, 7) is 6.29. The van der Waals surface area contributed by atoms with Crippen molar-refractivity contribution >= 4 is 23.4 Å². The van der Waals surface area contributed by atoms with Crippen molar-refractivity contribution in [1.29, 1.82) is 0 Å². The predicted octanol–water partition coefficient (Wildman–Crippen LogP) is 0.844. The lowest BCUT2D eigenvalue weighted by molar-refractivity contribution is -0.134. The Morgan fingerprint density at radius 1 is 1.33 bits per heavy atom. The largest absolute Gasteiger partial charge is 0.354 e. The molecular formula is C10H19ClN2O2. The summed E-state index contributed by atoms with van der Waals surface area (Å²) in [5, 5.41) is 2.14. The number of carbonyl (C=O) groups excluding carboxylic acids is 2. The number of amides is 2. The van der Waals surface area contributed by atoms with E-state index in [0.717, 1.165) is 0 Å². The van der Waals surface area contributed by atoms with Gasteiger partial charge in [-0.3, -0.25) is 9.59 Å². The molecular weight excluding hydrogens is 216 g/mol. The van der Waals surface area contributed by atoms with Crippen LogP contribution in [-0.4, -0.2) is 42.2 Å². The maximum Gasteiger partial charge on any atom is 0.240 e. The smallest absolute Gasteiger partial charge is 0.240 e. The van der Waals surface area contributed by atoms with Gasteiger partial charge in [-0.2, -0.15) is 0 Å².